The third-order valence-corrected chi connectivity index (χ3v) is 6.17. The molecule has 0 N–H and O–H groups in total. The molecular formula is C17H30O5Si. The van der Waals surface area contributed by atoms with Crippen LogP contribution in [-0.4, -0.2) is 41.5 Å². The lowest BCUT2D eigenvalue weighted by Crippen LogP contribution is -2.48. The summed E-state index contributed by atoms with van der Waals surface area (Å²) in [6.07, 6.45) is -0.255. The monoisotopic (exact) mass is 342 g/mol. The molecule has 1 rings (SSSR count). The average Bonchev–Trinajstić information content (AvgIpc) is 2.50. The van der Waals surface area contributed by atoms with Crippen molar-refractivity contribution in [3.8, 4) is 5.75 Å². The summed E-state index contributed by atoms with van der Waals surface area (Å²) >= 11 is 0. The van der Waals surface area contributed by atoms with Gasteiger partial charge >= 0.3 is 8.80 Å². The molecule has 1 aromatic carbocycles. The topological polar surface area (TPSA) is 46.2 Å². The molecule has 0 aliphatic carbocycles. The molecule has 0 radical (unpaired) electrons. The minimum absolute atomic E-state index is 0.255. The van der Waals surface area contributed by atoms with E-state index in [1.165, 1.54) is 0 Å². The van der Waals surface area contributed by atoms with Gasteiger partial charge in [-0.25, -0.2) is 0 Å². The Balaban J connectivity index is 2.76. The molecule has 0 amide bonds. The molecule has 0 aromatic heterocycles. The van der Waals surface area contributed by atoms with Gasteiger partial charge in [0.25, 0.3) is 0 Å². The predicted octanol–water partition coefficient (Wildman–Crippen LogP) is 3.58. The first-order valence-corrected chi connectivity index (χ1v) is 10.3. The molecule has 132 valence electrons. The van der Waals surface area contributed by atoms with Crippen molar-refractivity contribution in [3.05, 3.63) is 29.8 Å². The lowest BCUT2D eigenvalue weighted by molar-refractivity contribution is -0.0613. The van der Waals surface area contributed by atoms with Crippen LogP contribution < -0.4 is 4.74 Å². The largest absolute Gasteiger partial charge is 0.505 e. The Labute approximate surface area is 141 Å². The summed E-state index contributed by atoms with van der Waals surface area (Å²) in [5, 5.41) is 0. The Kier molecular flexibility index (Phi) is 9.43. The summed E-state index contributed by atoms with van der Waals surface area (Å²) in [5.41, 5.74) is 1.11. The normalized spacial score (nSPS) is 13.1. The van der Waals surface area contributed by atoms with Gasteiger partial charge in [0, 0.05) is 32.5 Å². The minimum Gasteiger partial charge on any atom is -0.465 e. The van der Waals surface area contributed by atoms with E-state index in [0.29, 0.717) is 32.5 Å². The molecule has 23 heavy (non-hydrogen) atoms. The van der Waals surface area contributed by atoms with Crippen LogP contribution in [0.2, 0.25) is 0 Å². The van der Waals surface area contributed by atoms with Crippen molar-refractivity contribution in [1.82, 2.24) is 0 Å². The Morgan fingerprint density at radius 2 is 1.35 bits per heavy atom. The maximum absolute atomic E-state index is 5.88. The molecule has 0 bridgehead atoms. The van der Waals surface area contributed by atoms with Gasteiger partial charge in [0.1, 0.15) is 5.75 Å². The van der Waals surface area contributed by atoms with Crippen LogP contribution in [0.3, 0.4) is 0 Å². The average molecular weight is 343 g/mol. The van der Waals surface area contributed by atoms with E-state index in [2.05, 4.69) is 0 Å². The third kappa shape index (κ3) is 7.01. The summed E-state index contributed by atoms with van der Waals surface area (Å²) in [6, 6.07) is 8.57. The third-order valence-electron chi connectivity index (χ3n) is 3.14. The van der Waals surface area contributed by atoms with Gasteiger partial charge in [-0.05, 0) is 52.3 Å². The highest BCUT2D eigenvalue weighted by Crippen LogP contribution is 2.20. The summed E-state index contributed by atoms with van der Waals surface area (Å²) in [5.74, 6) is 0.784. The van der Waals surface area contributed by atoms with Crippen molar-refractivity contribution in [2.75, 3.05) is 26.4 Å². The van der Waals surface area contributed by atoms with E-state index in [4.69, 9.17) is 22.8 Å². The zero-order chi connectivity index (χ0) is 17.1. The van der Waals surface area contributed by atoms with E-state index < -0.39 is 8.80 Å². The molecule has 1 atom stereocenters. The maximum Gasteiger partial charge on any atom is 0.505 e. The summed E-state index contributed by atoms with van der Waals surface area (Å²) in [7, 11) is -2.66. The number of hydrogen-bond donors (Lipinski definition) is 0. The minimum atomic E-state index is -2.66. The zero-order valence-corrected chi connectivity index (χ0v) is 16.0. The van der Waals surface area contributed by atoms with E-state index in [9.17, 15) is 0 Å². The van der Waals surface area contributed by atoms with Gasteiger partial charge < -0.3 is 22.8 Å². The molecule has 0 aliphatic heterocycles. The Morgan fingerprint density at radius 3 is 1.78 bits per heavy atom. The van der Waals surface area contributed by atoms with Crippen molar-refractivity contribution >= 4 is 8.80 Å². The molecule has 1 aromatic rings. The van der Waals surface area contributed by atoms with Crippen LogP contribution in [0, 0.1) is 0 Å². The highest BCUT2D eigenvalue weighted by Gasteiger charge is 2.40. The molecule has 0 spiro atoms. The second kappa shape index (κ2) is 10.8. The van der Waals surface area contributed by atoms with Crippen molar-refractivity contribution in [1.29, 1.82) is 0 Å². The van der Waals surface area contributed by atoms with Gasteiger partial charge in [-0.15, -0.1) is 0 Å². The first kappa shape index (κ1) is 20.1. The van der Waals surface area contributed by atoms with Crippen molar-refractivity contribution in [2.45, 2.75) is 47.0 Å². The molecular weight excluding hydrogens is 312 g/mol. The Hall–Kier alpha value is -0.923. The zero-order valence-electron chi connectivity index (χ0n) is 15.0. The Bertz CT molecular complexity index is 406. The van der Waals surface area contributed by atoms with E-state index in [0.717, 1.165) is 11.3 Å². The van der Waals surface area contributed by atoms with E-state index >= 15 is 0 Å². The smallest absolute Gasteiger partial charge is 0.465 e. The molecule has 5 nitrogen and oxygen atoms in total. The van der Waals surface area contributed by atoms with Gasteiger partial charge in [-0.3, -0.25) is 0 Å². The molecule has 0 aliphatic rings. The molecule has 1 unspecified atom stereocenters. The fourth-order valence-corrected chi connectivity index (χ4v) is 4.95. The quantitative estimate of drug-likeness (QED) is 0.429. The van der Waals surface area contributed by atoms with Crippen LogP contribution in [0.25, 0.3) is 0 Å². The molecule has 0 heterocycles. The number of rotatable bonds is 12. The lowest BCUT2D eigenvalue weighted by atomic mass is 10.2. The van der Waals surface area contributed by atoms with Crippen molar-refractivity contribution in [3.63, 3.8) is 0 Å². The second-order valence-corrected chi connectivity index (χ2v) is 7.53. The fourth-order valence-electron chi connectivity index (χ4n) is 2.33. The van der Waals surface area contributed by atoms with Crippen molar-refractivity contribution < 1.29 is 22.8 Å². The standard InChI is InChI=1S/C17H30O5Si/c1-6-18-15(5)22-17-12-10-16(11-13-17)14-23(19-7-2,20-8-3)21-9-4/h10-13,15H,6-9,14H2,1-5H3. The van der Waals surface area contributed by atoms with Crippen LogP contribution >= 0.6 is 0 Å². The number of benzene rings is 1. The highest BCUT2D eigenvalue weighted by molar-refractivity contribution is 6.60. The van der Waals surface area contributed by atoms with E-state index in [1.54, 1.807) is 0 Å². The molecule has 0 saturated heterocycles. The molecule has 6 heteroatoms. The van der Waals surface area contributed by atoms with E-state index in [-0.39, 0.29) is 6.29 Å². The van der Waals surface area contributed by atoms with Gasteiger partial charge in [0.15, 0.2) is 6.29 Å². The maximum atomic E-state index is 5.88. The van der Waals surface area contributed by atoms with Crippen LogP contribution in [0.5, 0.6) is 5.75 Å². The van der Waals surface area contributed by atoms with E-state index in [1.807, 2.05) is 58.9 Å². The van der Waals surface area contributed by atoms with Gasteiger partial charge in [-0.1, -0.05) is 12.1 Å². The predicted molar refractivity (Wildman–Crippen MR) is 92.5 cm³/mol. The first-order chi connectivity index (χ1) is 11.1. The highest BCUT2D eigenvalue weighted by atomic mass is 28.4. The van der Waals surface area contributed by atoms with Gasteiger partial charge in [0.2, 0.25) is 0 Å². The summed E-state index contributed by atoms with van der Waals surface area (Å²) in [6.45, 7) is 12.1. The summed E-state index contributed by atoms with van der Waals surface area (Å²) in [4.78, 5) is 0. The van der Waals surface area contributed by atoms with Crippen LogP contribution in [-0.2, 0) is 24.1 Å². The number of hydrogen-bond acceptors (Lipinski definition) is 5. The molecule has 0 fully saturated rings. The summed E-state index contributed by atoms with van der Waals surface area (Å²) < 4.78 is 28.7. The fraction of sp³-hybridized carbons (Fsp3) is 0.647. The van der Waals surface area contributed by atoms with Crippen LogP contribution in [0.1, 0.15) is 40.2 Å². The van der Waals surface area contributed by atoms with Crippen molar-refractivity contribution in [2.24, 2.45) is 0 Å². The van der Waals surface area contributed by atoms with Crippen LogP contribution in [0.15, 0.2) is 24.3 Å². The number of ether oxygens (including phenoxy) is 2. The lowest BCUT2D eigenvalue weighted by Gasteiger charge is -2.28. The second-order valence-electron chi connectivity index (χ2n) is 4.94. The Morgan fingerprint density at radius 1 is 0.826 bits per heavy atom. The SMILES string of the molecule is CCOC(C)Oc1ccc(C[Si](OCC)(OCC)OCC)cc1. The van der Waals surface area contributed by atoms with Gasteiger partial charge in [-0.2, -0.15) is 0 Å². The van der Waals surface area contributed by atoms with Crippen LogP contribution in [0.4, 0.5) is 0 Å². The molecule has 0 saturated carbocycles. The van der Waals surface area contributed by atoms with Gasteiger partial charge in [0.05, 0.1) is 0 Å². The first-order valence-electron chi connectivity index (χ1n) is 8.38.